The van der Waals surface area contributed by atoms with Crippen LogP contribution in [0.1, 0.15) is 16.1 Å². The van der Waals surface area contributed by atoms with Crippen LogP contribution in [0.3, 0.4) is 0 Å². The molecule has 2 aromatic carbocycles. The van der Waals surface area contributed by atoms with Gasteiger partial charge in [0.2, 0.25) is 5.91 Å². The highest BCUT2D eigenvalue weighted by atomic mass is 16.3. The van der Waals surface area contributed by atoms with Gasteiger partial charge in [-0.3, -0.25) is 9.59 Å². The van der Waals surface area contributed by atoms with Crippen LogP contribution in [0.2, 0.25) is 0 Å². The normalized spacial score (nSPS) is 10.6. The van der Waals surface area contributed by atoms with E-state index in [4.69, 9.17) is 4.42 Å². The van der Waals surface area contributed by atoms with Gasteiger partial charge in [-0.15, -0.1) is 0 Å². The van der Waals surface area contributed by atoms with Gasteiger partial charge in [-0.05, 0) is 43.3 Å². The van der Waals surface area contributed by atoms with E-state index in [1.807, 2.05) is 61.5 Å². The smallest absolute Gasteiger partial charge is 0.258 e. The van der Waals surface area contributed by atoms with E-state index < -0.39 is 0 Å². The third kappa shape index (κ3) is 4.56. The highest BCUT2D eigenvalue weighted by molar-refractivity contribution is 6.02. The van der Waals surface area contributed by atoms with Gasteiger partial charge in [-0.25, -0.2) is 4.68 Å². The summed E-state index contributed by atoms with van der Waals surface area (Å²) in [5, 5.41) is 7.38. The second-order valence-corrected chi connectivity index (χ2v) is 7.16. The lowest BCUT2D eigenvalue weighted by Crippen LogP contribution is -2.35. The van der Waals surface area contributed by atoms with Crippen LogP contribution >= 0.6 is 0 Å². The molecule has 31 heavy (non-hydrogen) atoms. The van der Waals surface area contributed by atoms with Crippen LogP contribution < -0.4 is 5.32 Å². The number of hydrogen-bond acceptors (Lipinski definition) is 4. The Morgan fingerprint density at radius 1 is 1.00 bits per heavy atom. The Balaban J connectivity index is 1.60. The standard InChI is InChI=1S/C24H22N4O3/c1-17-13-14-21(31-17)23-20(15-28(26-23)19-11-7-4-8-12-19)24(30)27(2)16-22(29)25-18-9-5-3-6-10-18/h3-15H,16H2,1-2H3,(H,25,29). The Bertz CT molecular complexity index is 1200. The number of nitrogens with one attached hydrogen (secondary N) is 1. The van der Waals surface area contributed by atoms with Crippen molar-refractivity contribution < 1.29 is 14.0 Å². The second kappa shape index (κ2) is 8.71. The molecule has 2 amide bonds. The van der Waals surface area contributed by atoms with Crippen molar-refractivity contribution in [2.24, 2.45) is 0 Å². The number of amides is 2. The molecule has 0 aliphatic heterocycles. The van der Waals surface area contributed by atoms with E-state index in [-0.39, 0.29) is 18.4 Å². The molecule has 0 aliphatic carbocycles. The fourth-order valence-corrected chi connectivity index (χ4v) is 3.20. The molecule has 156 valence electrons. The average molecular weight is 414 g/mol. The van der Waals surface area contributed by atoms with Crippen LogP contribution in [0.25, 0.3) is 17.1 Å². The van der Waals surface area contributed by atoms with Crippen LogP contribution in [0.5, 0.6) is 0 Å². The monoisotopic (exact) mass is 414 g/mol. The lowest BCUT2D eigenvalue weighted by molar-refractivity contribution is -0.116. The fraction of sp³-hybridized carbons (Fsp3) is 0.125. The first-order chi connectivity index (χ1) is 15.0. The molecule has 0 unspecified atom stereocenters. The minimum absolute atomic E-state index is 0.0964. The Kier molecular flexibility index (Phi) is 5.66. The van der Waals surface area contributed by atoms with E-state index >= 15 is 0 Å². The number of likely N-dealkylation sites (N-methyl/N-ethyl adjacent to an activating group) is 1. The highest BCUT2D eigenvalue weighted by Gasteiger charge is 2.24. The van der Waals surface area contributed by atoms with E-state index in [2.05, 4.69) is 10.4 Å². The largest absolute Gasteiger partial charge is 0.460 e. The van der Waals surface area contributed by atoms with E-state index in [9.17, 15) is 9.59 Å². The van der Waals surface area contributed by atoms with Crippen LogP contribution in [0, 0.1) is 6.92 Å². The number of nitrogens with zero attached hydrogens (tertiary/aromatic N) is 3. The minimum Gasteiger partial charge on any atom is -0.460 e. The summed E-state index contributed by atoms with van der Waals surface area (Å²) in [5.74, 6) is 0.610. The van der Waals surface area contributed by atoms with Crippen LogP contribution in [-0.4, -0.2) is 40.1 Å². The molecule has 0 radical (unpaired) electrons. The van der Waals surface area contributed by atoms with Crippen molar-refractivity contribution in [3.05, 3.63) is 90.3 Å². The Hall–Kier alpha value is -4.13. The van der Waals surface area contributed by atoms with Crippen molar-refractivity contribution in [3.63, 3.8) is 0 Å². The van der Waals surface area contributed by atoms with Crippen molar-refractivity contribution in [2.45, 2.75) is 6.92 Å². The van der Waals surface area contributed by atoms with E-state index in [1.165, 1.54) is 4.90 Å². The Morgan fingerprint density at radius 2 is 1.68 bits per heavy atom. The number of anilines is 1. The molecule has 7 nitrogen and oxygen atoms in total. The van der Waals surface area contributed by atoms with Gasteiger partial charge < -0.3 is 14.6 Å². The minimum atomic E-state index is -0.325. The predicted molar refractivity (Wildman–Crippen MR) is 118 cm³/mol. The van der Waals surface area contributed by atoms with E-state index in [0.29, 0.717) is 22.7 Å². The molecule has 1 N–H and O–H groups in total. The zero-order valence-corrected chi connectivity index (χ0v) is 17.3. The van der Waals surface area contributed by atoms with Gasteiger partial charge in [0, 0.05) is 18.9 Å². The first-order valence-corrected chi connectivity index (χ1v) is 9.83. The van der Waals surface area contributed by atoms with Gasteiger partial charge in [0.15, 0.2) is 5.76 Å². The first-order valence-electron chi connectivity index (χ1n) is 9.83. The lowest BCUT2D eigenvalue weighted by atomic mass is 10.2. The molecule has 0 bridgehead atoms. The molecular formula is C24H22N4O3. The van der Waals surface area contributed by atoms with E-state index in [0.717, 1.165) is 11.4 Å². The molecule has 7 heteroatoms. The molecule has 2 aromatic heterocycles. The van der Waals surface area contributed by atoms with Crippen LogP contribution in [0.4, 0.5) is 5.69 Å². The number of aryl methyl sites for hydroxylation is 1. The summed E-state index contributed by atoms with van der Waals surface area (Å²) >= 11 is 0. The number of furan rings is 1. The summed E-state index contributed by atoms with van der Waals surface area (Å²) in [5.41, 5.74) is 2.28. The summed E-state index contributed by atoms with van der Waals surface area (Å²) in [7, 11) is 1.59. The van der Waals surface area contributed by atoms with Gasteiger partial charge in [-0.2, -0.15) is 5.10 Å². The first kappa shape index (κ1) is 20.2. The second-order valence-electron chi connectivity index (χ2n) is 7.16. The SMILES string of the molecule is Cc1ccc(-c2nn(-c3ccccc3)cc2C(=O)N(C)CC(=O)Nc2ccccc2)o1. The average Bonchev–Trinajstić information content (AvgIpc) is 3.41. The number of carbonyl (C=O) groups excluding carboxylic acids is 2. The quantitative estimate of drug-likeness (QED) is 0.514. The Labute approximate surface area is 179 Å². The maximum atomic E-state index is 13.2. The number of para-hydroxylation sites is 2. The number of hydrogen-bond donors (Lipinski definition) is 1. The fourth-order valence-electron chi connectivity index (χ4n) is 3.20. The van der Waals surface area contributed by atoms with Crippen molar-refractivity contribution >= 4 is 17.5 Å². The topological polar surface area (TPSA) is 80.4 Å². The number of carbonyl (C=O) groups is 2. The molecule has 4 rings (SSSR count). The molecule has 0 aliphatic rings. The van der Waals surface area contributed by atoms with E-state index in [1.54, 1.807) is 36.1 Å². The third-order valence-electron chi connectivity index (χ3n) is 4.72. The number of benzene rings is 2. The summed E-state index contributed by atoms with van der Waals surface area (Å²) < 4.78 is 7.36. The van der Waals surface area contributed by atoms with Gasteiger partial charge in [-0.1, -0.05) is 36.4 Å². The molecule has 0 fully saturated rings. The molecule has 0 atom stereocenters. The maximum Gasteiger partial charge on any atom is 0.258 e. The number of rotatable bonds is 6. The molecular weight excluding hydrogens is 392 g/mol. The van der Waals surface area contributed by atoms with Gasteiger partial charge >= 0.3 is 0 Å². The summed E-state index contributed by atoms with van der Waals surface area (Å²) in [6.07, 6.45) is 1.66. The van der Waals surface area contributed by atoms with Crippen molar-refractivity contribution in [3.8, 4) is 17.1 Å². The predicted octanol–water partition coefficient (Wildman–Crippen LogP) is 4.15. The molecule has 4 aromatic rings. The lowest BCUT2D eigenvalue weighted by Gasteiger charge is -2.16. The van der Waals surface area contributed by atoms with Crippen molar-refractivity contribution in [1.82, 2.24) is 14.7 Å². The molecule has 2 heterocycles. The molecule has 0 saturated heterocycles. The van der Waals surface area contributed by atoms with Gasteiger partial charge in [0.25, 0.3) is 5.91 Å². The summed E-state index contributed by atoms with van der Waals surface area (Å²) in [6, 6.07) is 22.2. The maximum absolute atomic E-state index is 13.2. The van der Waals surface area contributed by atoms with Crippen LogP contribution in [0.15, 0.2) is 83.4 Å². The molecule has 0 spiro atoms. The zero-order chi connectivity index (χ0) is 21.8. The summed E-state index contributed by atoms with van der Waals surface area (Å²) in [6.45, 7) is 1.74. The highest BCUT2D eigenvalue weighted by Crippen LogP contribution is 2.26. The number of aromatic nitrogens is 2. The van der Waals surface area contributed by atoms with Gasteiger partial charge in [0.05, 0.1) is 17.8 Å². The summed E-state index contributed by atoms with van der Waals surface area (Å²) in [4.78, 5) is 27.0. The van der Waals surface area contributed by atoms with Crippen molar-refractivity contribution in [2.75, 3.05) is 18.9 Å². The third-order valence-corrected chi connectivity index (χ3v) is 4.72. The Morgan fingerprint density at radius 3 is 2.32 bits per heavy atom. The zero-order valence-electron chi connectivity index (χ0n) is 17.3. The van der Waals surface area contributed by atoms with Gasteiger partial charge in [0.1, 0.15) is 11.5 Å². The van der Waals surface area contributed by atoms with Crippen molar-refractivity contribution in [1.29, 1.82) is 0 Å². The van der Waals surface area contributed by atoms with Crippen LogP contribution in [-0.2, 0) is 4.79 Å². The molecule has 0 saturated carbocycles.